The first-order valence-corrected chi connectivity index (χ1v) is 7.37. The van der Waals surface area contributed by atoms with Crippen LogP contribution in [-0.2, 0) is 9.53 Å². The van der Waals surface area contributed by atoms with Gasteiger partial charge in [0.1, 0.15) is 0 Å². The lowest BCUT2D eigenvalue weighted by Crippen LogP contribution is -2.47. The van der Waals surface area contributed by atoms with Crippen LogP contribution in [0.4, 0.5) is 5.69 Å². The van der Waals surface area contributed by atoms with Crippen LogP contribution in [0.3, 0.4) is 0 Å². The molecule has 1 aromatic rings. The number of carbonyl (C=O) groups is 1. The third-order valence-electron chi connectivity index (χ3n) is 3.52. The molecule has 110 valence electrons. The minimum atomic E-state index is -0.0461. The van der Waals surface area contributed by atoms with Gasteiger partial charge in [0.05, 0.1) is 12.6 Å². The number of rotatable bonds is 6. The third kappa shape index (κ3) is 4.20. The van der Waals surface area contributed by atoms with Crippen molar-refractivity contribution < 1.29 is 9.53 Å². The number of amides is 1. The second-order valence-corrected chi connectivity index (χ2v) is 5.57. The zero-order chi connectivity index (χ0) is 14.5. The van der Waals surface area contributed by atoms with Crippen LogP contribution in [0.25, 0.3) is 0 Å². The van der Waals surface area contributed by atoms with E-state index in [-0.39, 0.29) is 5.91 Å². The molecule has 0 heterocycles. The monoisotopic (exact) mass is 296 g/mol. The van der Waals surface area contributed by atoms with Crippen LogP contribution in [0.5, 0.6) is 0 Å². The molecule has 0 unspecified atom stereocenters. The summed E-state index contributed by atoms with van der Waals surface area (Å²) < 4.78 is 5.48. The number of aryl methyl sites for hydroxylation is 1. The van der Waals surface area contributed by atoms with Crippen molar-refractivity contribution in [2.24, 2.45) is 0 Å². The van der Waals surface area contributed by atoms with E-state index < -0.39 is 0 Å². The minimum absolute atomic E-state index is 0.0461. The fourth-order valence-corrected chi connectivity index (χ4v) is 2.44. The van der Waals surface area contributed by atoms with Gasteiger partial charge in [0.2, 0.25) is 5.91 Å². The van der Waals surface area contributed by atoms with E-state index in [1.807, 2.05) is 26.0 Å². The highest BCUT2D eigenvalue weighted by Crippen LogP contribution is 2.23. The molecule has 0 aromatic heterocycles. The summed E-state index contributed by atoms with van der Waals surface area (Å²) in [5, 5.41) is 6.73. The van der Waals surface area contributed by atoms with Gasteiger partial charge in [0.15, 0.2) is 0 Å². The van der Waals surface area contributed by atoms with Crippen molar-refractivity contribution in [2.75, 3.05) is 18.5 Å². The standard InChI is InChI=1S/C15H21ClN2O2/c1-3-20-13-7-12(8-13)17-9-15(19)18-14-6-11(16)5-4-10(14)2/h4-6,12-13,17H,3,7-9H2,1-2H3,(H,18,19). The molecule has 0 spiro atoms. The average Bonchev–Trinajstić information content (AvgIpc) is 2.36. The number of hydrogen-bond acceptors (Lipinski definition) is 3. The molecule has 1 saturated carbocycles. The third-order valence-corrected chi connectivity index (χ3v) is 3.76. The Hall–Kier alpha value is -1.10. The predicted octanol–water partition coefficient (Wildman–Crippen LogP) is 2.74. The Morgan fingerprint density at radius 2 is 2.20 bits per heavy atom. The molecule has 2 rings (SSSR count). The number of benzene rings is 1. The van der Waals surface area contributed by atoms with E-state index in [2.05, 4.69) is 10.6 Å². The maximum atomic E-state index is 11.9. The SMILES string of the molecule is CCOC1CC(NCC(=O)Nc2cc(Cl)ccc2C)C1. The molecule has 4 nitrogen and oxygen atoms in total. The number of nitrogens with one attached hydrogen (secondary N) is 2. The lowest BCUT2D eigenvalue weighted by Gasteiger charge is -2.35. The fourth-order valence-electron chi connectivity index (χ4n) is 2.26. The van der Waals surface area contributed by atoms with Gasteiger partial charge in [-0.25, -0.2) is 0 Å². The Bertz CT molecular complexity index is 473. The van der Waals surface area contributed by atoms with Crippen LogP contribution in [0.1, 0.15) is 25.3 Å². The first-order chi connectivity index (χ1) is 9.58. The van der Waals surface area contributed by atoms with Crippen LogP contribution in [0, 0.1) is 6.92 Å². The van der Waals surface area contributed by atoms with Crippen LogP contribution >= 0.6 is 11.6 Å². The van der Waals surface area contributed by atoms with Crippen molar-refractivity contribution in [1.82, 2.24) is 5.32 Å². The van der Waals surface area contributed by atoms with E-state index in [4.69, 9.17) is 16.3 Å². The quantitative estimate of drug-likeness (QED) is 0.849. The van der Waals surface area contributed by atoms with Crippen molar-refractivity contribution in [3.63, 3.8) is 0 Å². The smallest absolute Gasteiger partial charge is 0.238 e. The highest BCUT2D eigenvalue weighted by molar-refractivity contribution is 6.31. The molecule has 1 aliphatic carbocycles. The molecular formula is C15H21ClN2O2. The van der Waals surface area contributed by atoms with Gasteiger partial charge in [-0.2, -0.15) is 0 Å². The lowest BCUT2D eigenvalue weighted by molar-refractivity contribution is -0.116. The van der Waals surface area contributed by atoms with E-state index in [0.717, 1.165) is 30.7 Å². The normalized spacial score (nSPS) is 21.4. The van der Waals surface area contributed by atoms with Crippen molar-refractivity contribution in [3.05, 3.63) is 28.8 Å². The summed E-state index contributed by atoms with van der Waals surface area (Å²) >= 11 is 5.92. The number of anilines is 1. The van der Waals surface area contributed by atoms with Crippen molar-refractivity contribution in [1.29, 1.82) is 0 Å². The topological polar surface area (TPSA) is 50.4 Å². The molecule has 1 aromatic carbocycles. The highest BCUT2D eigenvalue weighted by atomic mass is 35.5. The van der Waals surface area contributed by atoms with Crippen LogP contribution in [0.2, 0.25) is 5.02 Å². The highest BCUT2D eigenvalue weighted by Gasteiger charge is 2.29. The first-order valence-electron chi connectivity index (χ1n) is 6.99. The van der Waals surface area contributed by atoms with Gasteiger partial charge in [-0.1, -0.05) is 17.7 Å². The summed E-state index contributed by atoms with van der Waals surface area (Å²) in [4.78, 5) is 11.9. The second-order valence-electron chi connectivity index (χ2n) is 5.13. The number of halogens is 1. The summed E-state index contributed by atoms with van der Waals surface area (Å²) in [5.74, 6) is -0.0461. The zero-order valence-corrected chi connectivity index (χ0v) is 12.7. The summed E-state index contributed by atoms with van der Waals surface area (Å²) in [6.45, 7) is 5.01. The summed E-state index contributed by atoms with van der Waals surface area (Å²) in [6.07, 6.45) is 2.32. The molecule has 0 aliphatic heterocycles. The maximum Gasteiger partial charge on any atom is 0.238 e. The molecule has 20 heavy (non-hydrogen) atoms. The van der Waals surface area contributed by atoms with Crippen molar-refractivity contribution in [3.8, 4) is 0 Å². The molecule has 0 bridgehead atoms. The lowest BCUT2D eigenvalue weighted by atomic mass is 9.89. The fraction of sp³-hybridized carbons (Fsp3) is 0.533. The van der Waals surface area contributed by atoms with Gasteiger partial charge in [0.25, 0.3) is 0 Å². The van der Waals surface area contributed by atoms with Gasteiger partial charge in [-0.3, -0.25) is 4.79 Å². The summed E-state index contributed by atoms with van der Waals surface area (Å²) in [6, 6.07) is 5.86. The largest absolute Gasteiger partial charge is 0.378 e. The molecule has 1 fully saturated rings. The van der Waals surface area contributed by atoms with Gasteiger partial charge in [-0.05, 0) is 44.4 Å². The molecule has 0 radical (unpaired) electrons. The van der Waals surface area contributed by atoms with E-state index >= 15 is 0 Å². The molecule has 1 aliphatic rings. The minimum Gasteiger partial charge on any atom is -0.378 e. The van der Waals surface area contributed by atoms with Gasteiger partial charge < -0.3 is 15.4 Å². The number of ether oxygens (including phenoxy) is 1. The van der Waals surface area contributed by atoms with Crippen LogP contribution < -0.4 is 10.6 Å². The van der Waals surface area contributed by atoms with E-state index in [0.29, 0.717) is 23.7 Å². The summed E-state index contributed by atoms with van der Waals surface area (Å²) in [5.41, 5.74) is 1.77. The molecular weight excluding hydrogens is 276 g/mol. The van der Waals surface area contributed by atoms with Crippen LogP contribution in [0.15, 0.2) is 18.2 Å². The molecule has 2 N–H and O–H groups in total. The van der Waals surface area contributed by atoms with Gasteiger partial charge >= 0.3 is 0 Å². The van der Waals surface area contributed by atoms with Crippen molar-refractivity contribution in [2.45, 2.75) is 38.8 Å². The Morgan fingerprint density at radius 1 is 1.45 bits per heavy atom. The maximum absolute atomic E-state index is 11.9. The molecule has 5 heteroatoms. The predicted molar refractivity (Wildman–Crippen MR) is 81.3 cm³/mol. The Balaban J connectivity index is 1.72. The molecule has 1 amide bonds. The van der Waals surface area contributed by atoms with Gasteiger partial charge in [0, 0.05) is 23.4 Å². The van der Waals surface area contributed by atoms with Gasteiger partial charge in [-0.15, -0.1) is 0 Å². The van der Waals surface area contributed by atoms with E-state index in [9.17, 15) is 4.79 Å². The summed E-state index contributed by atoms with van der Waals surface area (Å²) in [7, 11) is 0. The number of hydrogen-bond donors (Lipinski definition) is 2. The van der Waals surface area contributed by atoms with Crippen LogP contribution in [-0.4, -0.2) is 31.2 Å². The first kappa shape index (κ1) is 15.3. The average molecular weight is 297 g/mol. The van der Waals surface area contributed by atoms with E-state index in [1.54, 1.807) is 6.07 Å². The zero-order valence-electron chi connectivity index (χ0n) is 11.9. The molecule has 0 atom stereocenters. The Labute approximate surface area is 124 Å². The van der Waals surface area contributed by atoms with E-state index in [1.165, 1.54) is 0 Å². The Kier molecular flexibility index (Phi) is 5.40. The van der Waals surface area contributed by atoms with Crippen molar-refractivity contribution >= 4 is 23.2 Å². The number of carbonyl (C=O) groups excluding carboxylic acids is 1. The molecule has 0 saturated heterocycles. The second kappa shape index (κ2) is 7.07. The Morgan fingerprint density at radius 3 is 2.90 bits per heavy atom.